The summed E-state index contributed by atoms with van der Waals surface area (Å²) in [6.45, 7) is 63.4. The van der Waals surface area contributed by atoms with Gasteiger partial charge in [-0.15, -0.1) is 0 Å². The number of esters is 8. The van der Waals surface area contributed by atoms with Crippen LogP contribution in [-0.2, 0) is 66.7 Å². The van der Waals surface area contributed by atoms with Crippen molar-refractivity contribution in [3.05, 3.63) is 63.5 Å². The minimum absolute atomic E-state index is 0.0421. The number of likely N-dealkylation sites (tertiary alicyclic amines) is 4. The second kappa shape index (κ2) is 49.7. The molecule has 37 heteroatoms. The Morgan fingerprint density at radius 2 is 0.562 bits per heavy atom. The van der Waals surface area contributed by atoms with E-state index in [2.05, 4.69) is 200 Å². The summed E-state index contributed by atoms with van der Waals surface area (Å²) in [5, 5.41) is 22.3. The predicted octanol–water partition coefficient (Wildman–Crippen LogP) is 19.4. The van der Waals surface area contributed by atoms with Crippen LogP contribution in [0.25, 0.3) is 0 Å². The van der Waals surface area contributed by atoms with Crippen LogP contribution in [0.4, 0.5) is 52.7 Å². The molecule has 8 heterocycles. The summed E-state index contributed by atoms with van der Waals surface area (Å²) < 4.78 is 197. The Kier molecular flexibility index (Phi) is 45.0. The summed E-state index contributed by atoms with van der Waals surface area (Å²) in [5.74, 6) is -27.7. The van der Waals surface area contributed by atoms with Crippen LogP contribution in [0, 0.1) is 58.3 Å². The normalized spacial score (nSPS) is 22.7. The van der Waals surface area contributed by atoms with E-state index in [1.54, 1.807) is 0 Å². The average Bonchev–Trinajstić information content (AvgIpc) is 0.793. The lowest BCUT2D eigenvalue weighted by atomic mass is 9.78. The number of halogens is 12. The summed E-state index contributed by atoms with van der Waals surface area (Å²) in [7, 11) is 8.43. The fourth-order valence-corrected chi connectivity index (χ4v) is 19.8. The molecule has 790 valence electrons. The molecular formula is C100H164F12N8O17. The maximum Gasteiger partial charge on any atom is 0.401 e. The molecule has 0 bridgehead atoms. The lowest BCUT2D eigenvalue weighted by Gasteiger charge is -2.53. The minimum Gasteiger partial charge on any atom is -0.504 e. The molecule has 0 aromatic heterocycles. The molecule has 8 saturated heterocycles. The van der Waals surface area contributed by atoms with E-state index in [0.29, 0.717) is 84.0 Å². The van der Waals surface area contributed by atoms with Gasteiger partial charge in [-0.05, 0) is 260 Å². The maximum absolute atomic E-state index is 13.5. The number of nitrogens with one attached hydrogen (secondary N) is 4. The van der Waals surface area contributed by atoms with Gasteiger partial charge in [0.1, 0.15) is 65.9 Å². The van der Waals surface area contributed by atoms with Crippen LogP contribution in [0.15, 0.2) is 0 Å². The van der Waals surface area contributed by atoms with Gasteiger partial charge in [-0.25, -0.2) is 44.7 Å². The molecule has 8 aliphatic rings. The van der Waals surface area contributed by atoms with Gasteiger partial charge in [-0.2, -0.15) is 17.6 Å². The molecule has 0 radical (unpaired) electrons. The minimum atomic E-state index is -4.55. The molecule has 0 aliphatic carbocycles. The van der Waals surface area contributed by atoms with E-state index in [1.807, 2.05) is 55.5 Å². The fourth-order valence-electron chi connectivity index (χ4n) is 19.8. The van der Waals surface area contributed by atoms with Crippen molar-refractivity contribution in [3.63, 3.8) is 0 Å². The number of alkyl halides is 3. The van der Waals surface area contributed by atoms with Gasteiger partial charge in [0.25, 0.3) is 0 Å². The van der Waals surface area contributed by atoms with Gasteiger partial charge in [0.2, 0.25) is 17.5 Å². The molecule has 10 rings (SSSR count). The molecule has 1 unspecified atom stereocenters. The highest BCUT2D eigenvalue weighted by atomic mass is 19.4. The number of rotatable bonds is 15. The van der Waals surface area contributed by atoms with Crippen LogP contribution in [0.3, 0.4) is 0 Å². The number of phenols is 1. The Labute approximate surface area is 806 Å². The van der Waals surface area contributed by atoms with Gasteiger partial charge in [0, 0.05) is 177 Å². The lowest BCUT2D eigenvalue weighted by molar-refractivity contribution is -0.202. The number of hydrogen-bond acceptors (Lipinski definition) is 25. The molecule has 137 heavy (non-hydrogen) atoms. The van der Waals surface area contributed by atoms with Crippen molar-refractivity contribution in [1.82, 2.24) is 40.9 Å². The van der Waals surface area contributed by atoms with E-state index in [0.717, 1.165) is 77.6 Å². The van der Waals surface area contributed by atoms with Crippen molar-refractivity contribution in [1.29, 1.82) is 0 Å². The summed E-state index contributed by atoms with van der Waals surface area (Å²) in [6, 6.07) is 0. The number of nitrogens with zero attached hydrogens (tertiary/aromatic N) is 4. The fraction of sp³-hybridized carbons (Fsp3) is 0.800. The molecule has 0 saturated carbocycles. The number of carbonyl (C=O) groups is 8. The highest BCUT2D eigenvalue weighted by molar-refractivity contribution is 5.93. The van der Waals surface area contributed by atoms with Crippen LogP contribution in [0.5, 0.6) is 5.75 Å². The Bertz CT molecular complexity index is 4100. The molecule has 8 aliphatic heterocycles. The van der Waals surface area contributed by atoms with Gasteiger partial charge >= 0.3 is 53.9 Å². The van der Waals surface area contributed by atoms with Crippen LogP contribution >= 0.6 is 0 Å². The number of hydrogen-bond donors (Lipinski definition) is 5. The van der Waals surface area contributed by atoms with Crippen molar-refractivity contribution in [2.24, 2.45) is 5.92 Å². The smallest absolute Gasteiger partial charge is 0.401 e. The predicted molar refractivity (Wildman–Crippen MR) is 500 cm³/mol. The molecule has 8 fully saturated rings. The van der Waals surface area contributed by atoms with E-state index >= 15 is 0 Å². The van der Waals surface area contributed by atoms with Crippen molar-refractivity contribution in [2.45, 2.75) is 458 Å². The number of ether oxygens (including phenoxy) is 8. The third-order valence-corrected chi connectivity index (χ3v) is 27.1. The average molecular weight is 1980 g/mol. The molecule has 25 nitrogen and oxygen atoms in total. The third-order valence-electron chi connectivity index (χ3n) is 27.1. The monoisotopic (exact) mass is 1980 g/mol. The largest absolute Gasteiger partial charge is 0.504 e. The van der Waals surface area contributed by atoms with Gasteiger partial charge in [-0.3, -0.25) is 48.4 Å². The Hall–Kier alpha value is -7.16. The van der Waals surface area contributed by atoms with Gasteiger partial charge in [0.15, 0.2) is 40.7 Å². The quantitative estimate of drug-likeness (QED) is 0.0364. The second-order valence-electron chi connectivity index (χ2n) is 45.2. The number of aromatic hydroxyl groups is 1. The number of carbonyl (C=O) groups excluding carboxylic acids is 8. The highest BCUT2D eigenvalue weighted by Crippen LogP contribution is 2.44. The Balaban J connectivity index is 0.000000404. The van der Waals surface area contributed by atoms with Gasteiger partial charge in [-0.1, -0.05) is 20.8 Å². The standard InChI is InChI=1S/C14H24F3NO2.C14H27NO2.C13H25NO2.C12H10F5NO2.C12H11F4NO3.2C12H23NO2.C11H21NO2/c1-9(14(15,16)17)11(19)20-10-7-12(2,3)18(6)13(4,5)8-10;1-7-8-12(16)17-11-9-13(2,3)15(6)14(4,5)10-11;1-7-11(15)16-10-8-12(2,3)14(6)13(4,5)9-10;13-7-6(8(14)10(16)11(17)9(7)15)12(19)20-5-1-3-18-4-2-5;13-7-6(11(18)10(16)9(15)8(7)14)12(19)20-5-1-3-17-4-2-5;1-9(14)15-10-7-11(2,3)13(6)12(4,5)8-10;1-6-10(14)15-9-7-11(2,3)13-12(4,5)8-9;1-8(13)14-9-6-10(2,3)12-11(4,5)7-9/h9-10H,7-8H2,1-6H3;11H,7-10H2,1-6H3;10H,7-9H2,1-6H3;5,18H,1-4H2;5,17-18H,1-4H2;10H,7-8H2,1-6H3;9,13H,6-8H2,1-5H3;9,12H,6-7H2,1-5H3. The molecule has 2 aromatic rings. The van der Waals surface area contributed by atoms with Crippen LogP contribution < -0.4 is 21.3 Å². The summed E-state index contributed by atoms with van der Waals surface area (Å²) in [4.78, 5) is 100. The van der Waals surface area contributed by atoms with E-state index < -0.39 is 118 Å². The van der Waals surface area contributed by atoms with Crippen molar-refractivity contribution in [3.8, 4) is 5.75 Å². The lowest BCUT2D eigenvalue weighted by Crippen LogP contribution is -2.60. The van der Waals surface area contributed by atoms with Crippen molar-refractivity contribution in [2.75, 3.05) is 54.4 Å². The Morgan fingerprint density at radius 1 is 0.336 bits per heavy atom. The van der Waals surface area contributed by atoms with Gasteiger partial charge < -0.3 is 64.3 Å². The molecule has 0 amide bonds. The summed E-state index contributed by atoms with van der Waals surface area (Å²) in [5.41, 5.74) is -2.67. The third kappa shape index (κ3) is 37.9. The maximum atomic E-state index is 13.5. The zero-order chi connectivity index (χ0) is 106. The first-order valence-electron chi connectivity index (χ1n) is 47.7. The van der Waals surface area contributed by atoms with E-state index in [1.165, 1.54) is 13.8 Å². The summed E-state index contributed by atoms with van der Waals surface area (Å²) in [6.07, 6.45) is 8.23. The second-order valence-corrected chi connectivity index (χ2v) is 45.2. The molecule has 1 atom stereocenters. The molecule has 5 N–H and O–H groups in total. The summed E-state index contributed by atoms with van der Waals surface area (Å²) >= 11 is 0. The van der Waals surface area contributed by atoms with E-state index in [-0.39, 0.29) is 127 Å². The van der Waals surface area contributed by atoms with Crippen LogP contribution in [0.1, 0.15) is 357 Å². The number of piperidine rings is 8. The first-order chi connectivity index (χ1) is 62.1. The van der Waals surface area contributed by atoms with Crippen LogP contribution in [-0.4, -0.2) is 248 Å². The first kappa shape index (κ1) is 124. The first-order valence-corrected chi connectivity index (χ1v) is 47.7. The molecule has 2 aromatic carbocycles. The number of benzene rings is 2. The van der Waals surface area contributed by atoms with E-state index in [9.17, 15) is 96.1 Å². The zero-order valence-corrected chi connectivity index (χ0v) is 88.0. The Morgan fingerprint density at radius 3 is 0.825 bits per heavy atom. The van der Waals surface area contributed by atoms with Gasteiger partial charge in [0.05, 0.1) is 0 Å². The van der Waals surface area contributed by atoms with Crippen LogP contribution in [0.2, 0.25) is 0 Å². The van der Waals surface area contributed by atoms with Crippen molar-refractivity contribution >= 4 is 47.8 Å². The number of phenolic OH excluding ortho intramolecular Hbond substituents is 1. The highest BCUT2D eigenvalue weighted by Gasteiger charge is 2.51. The molecule has 0 spiro atoms. The topological polar surface area (TPSA) is 292 Å². The zero-order valence-electron chi connectivity index (χ0n) is 88.0. The van der Waals surface area contributed by atoms with Crippen molar-refractivity contribution < 1.29 is 134 Å². The van der Waals surface area contributed by atoms with E-state index in [4.69, 9.17) is 37.9 Å². The molecular weight excluding hydrogens is 1810 g/mol. The SMILES string of the molecule is CC(=O)OC1CC(C)(C)N(C)C(C)(C)C1.CC(=O)OC1CC(C)(C)NC(C)(C)C1.CC(C(=O)OC1CC(C)(C)N(C)C(C)(C)C1)C(F)(F)F.CCC(=O)OC1CC(C)(C)N(C)C(C)(C)C1.CCC(=O)OC1CC(C)(C)NC(C)(C)C1.CCCC(=O)OC1CC(C)(C)N(C)C(C)(C)C1.O=C(OC1CCNCC1)c1c(F)c(F)c(F)c(F)c1F.O=C(OC1CCNCC1)c1c(O)c(F)c(F)c(F)c1F.